The second-order valence-corrected chi connectivity index (χ2v) is 4.04. The summed E-state index contributed by atoms with van der Waals surface area (Å²) >= 11 is 0. The first kappa shape index (κ1) is 15.1. The molecular formula is C15H18O4. The van der Waals surface area contributed by atoms with Gasteiger partial charge in [0.05, 0.1) is 5.56 Å². The van der Waals surface area contributed by atoms with Crippen LogP contribution in [0.3, 0.4) is 0 Å². The lowest BCUT2D eigenvalue weighted by molar-refractivity contribution is 0.101. The van der Waals surface area contributed by atoms with Crippen molar-refractivity contribution in [3.63, 3.8) is 0 Å². The smallest absolute Gasteiger partial charge is 0.163 e. The number of benzene rings is 1. The first-order valence-corrected chi connectivity index (χ1v) is 6.17. The van der Waals surface area contributed by atoms with Crippen LogP contribution in [-0.2, 0) is 6.42 Å². The number of carbonyl (C=O) groups is 1. The van der Waals surface area contributed by atoms with Gasteiger partial charge in [-0.2, -0.15) is 0 Å². The maximum absolute atomic E-state index is 11.4. The summed E-state index contributed by atoms with van der Waals surface area (Å²) < 4.78 is 5.45. The Morgan fingerprint density at radius 3 is 2.68 bits per heavy atom. The molecule has 0 aliphatic rings. The SMILES string of the molecule is CCCc1c(OCC#CCO)ccc(C(C)=O)c1O. The topological polar surface area (TPSA) is 66.8 Å². The highest BCUT2D eigenvalue weighted by atomic mass is 16.5. The van der Waals surface area contributed by atoms with Crippen LogP contribution in [0.1, 0.15) is 36.2 Å². The minimum absolute atomic E-state index is 0.0121. The molecule has 0 saturated heterocycles. The van der Waals surface area contributed by atoms with Gasteiger partial charge in [-0.3, -0.25) is 4.79 Å². The third-order valence-corrected chi connectivity index (χ3v) is 2.62. The van der Waals surface area contributed by atoms with Crippen LogP contribution >= 0.6 is 0 Å². The summed E-state index contributed by atoms with van der Waals surface area (Å²) in [5, 5.41) is 18.6. The number of phenols is 1. The summed E-state index contributed by atoms with van der Waals surface area (Å²) in [7, 11) is 0. The van der Waals surface area contributed by atoms with Crippen molar-refractivity contribution in [3.8, 4) is 23.3 Å². The Labute approximate surface area is 113 Å². The van der Waals surface area contributed by atoms with Gasteiger partial charge in [-0.1, -0.05) is 25.2 Å². The Bertz CT molecular complexity index is 509. The van der Waals surface area contributed by atoms with E-state index in [-0.39, 0.29) is 24.7 Å². The highest BCUT2D eigenvalue weighted by Gasteiger charge is 2.15. The quantitative estimate of drug-likeness (QED) is 0.628. The molecule has 0 radical (unpaired) electrons. The summed E-state index contributed by atoms with van der Waals surface area (Å²) in [5.41, 5.74) is 0.929. The van der Waals surface area contributed by atoms with Gasteiger partial charge in [-0.05, 0) is 25.5 Å². The minimum atomic E-state index is -0.209. The molecule has 19 heavy (non-hydrogen) atoms. The predicted molar refractivity (Wildman–Crippen MR) is 72.5 cm³/mol. The van der Waals surface area contributed by atoms with E-state index in [0.29, 0.717) is 23.3 Å². The largest absolute Gasteiger partial charge is 0.507 e. The summed E-state index contributed by atoms with van der Waals surface area (Å²) in [6.07, 6.45) is 1.45. The maximum atomic E-state index is 11.4. The molecule has 0 atom stereocenters. The van der Waals surface area contributed by atoms with Gasteiger partial charge >= 0.3 is 0 Å². The minimum Gasteiger partial charge on any atom is -0.507 e. The zero-order chi connectivity index (χ0) is 14.3. The van der Waals surface area contributed by atoms with E-state index < -0.39 is 0 Å². The number of ether oxygens (including phenoxy) is 1. The monoisotopic (exact) mass is 262 g/mol. The highest BCUT2D eigenvalue weighted by molar-refractivity contribution is 5.97. The van der Waals surface area contributed by atoms with E-state index >= 15 is 0 Å². The maximum Gasteiger partial charge on any atom is 0.163 e. The normalized spacial score (nSPS) is 9.63. The molecular weight excluding hydrogens is 244 g/mol. The molecule has 1 aromatic carbocycles. The van der Waals surface area contributed by atoms with Crippen molar-refractivity contribution in [3.05, 3.63) is 23.3 Å². The standard InChI is InChI=1S/C15H18O4/c1-3-6-13-14(19-10-5-4-9-16)8-7-12(11(2)17)15(13)18/h7-8,16,18H,3,6,9-10H2,1-2H3. The molecule has 0 fully saturated rings. The van der Waals surface area contributed by atoms with E-state index in [9.17, 15) is 9.90 Å². The number of ketones is 1. The number of Topliss-reactive ketones (excluding diaryl/α,β-unsaturated/α-hetero) is 1. The number of aliphatic hydroxyl groups excluding tert-OH is 1. The van der Waals surface area contributed by atoms with Crippen molar-refractivity contribution < 1.29 is 19.7 Å². The van der Waals surface area contributed by atoms with Crippen LogP contribution in [0, 0.1) is 11.8 Å². The Morgan fingerprint density at radius 2 is 2.11 bits per heavy atom. The van der Waals surface area contributed by atoms with Gasteiger partial charge in [0, 0.05) is 5.56 Å². The molecule has 102 valence electrons. The van der Waals surface area contributed by atoms with E-state index in [4.69, 9.17) is 9.84 Å². The zero-order valence-electron chi connectivity index (χ0n) is 11.2. The third kappa shape index (κ3) is 4.01. The van der Waals surface area contributed by atoms with Crippen LogP contribution in [0.5, 0.6) is 11.5 Å². The van der Waals surface area contributed by atoms with E-state index in [1.807, 2.05) is 6.92 Å². The Hall–Kier alpha value is -1.99. The van der Waals surface area contributed by atoms with Crippen LogP contribution in [0.4, 0.5) is 0 Å². The molecule has 4 nitrogen and oxygen atoms in total. The molecule has 0 spiro atoms. The Kier molecular flexibility index (Phi) is 5.91. The predicted octanol–water partition coefficient (Wildman–Crippen LogP) is 1.92. The van der Waals surface area contributed by atoms with E-state index in [1.54, 1.807) is 12.1 Å². The molecule has 1 aromatic rings. The van der Waals surface area contributed by atoms with E-state index in [1.165, 1.54) is 6.92 Å². The van der Waals surface area contributed by atoms with Crippen LogP contribution < -0.4 is 4.74 Å². The van der Waals surface area contributed by atoms with E-state index in [0.717, 1.165) is 6.42 Å². The first-order valence-electron chi connectivity index (χ1n) is 6.17. The highest BCUT2D eigenvalue weighted by Crippen LogP contribution is 2.32. The number of hydrogen-bond acceptors (Lipinski definition) is 4. The molecule has 0 aromatic heterocycles. The van der Waals surface area contributed by atoms with Crippen LogP contribution in [0.25, 0.3) is 0 Å². The van der Waals surface area contributed by atoms with Crippen molar-refractivity contribution in [2.45, 2.75) is 26.7 Å². The molecule has 0 aliphatic carbocycles. The van der Waals surface area contributed by atoms with Crippen molar-refractivity contribution in [1.82, 2.24) is 0 Å². The third-order valence-electron chi connectivity index (χ3n) is 2.62. The summed E-state index contributed by atoms with van der Waals surface area (Å²) in [5.74, 6) is 5.45. The number of aliphatic hydroxyl groups is 1. The first-order chi connectivity index (χ1) is 9.11. The fraction of sp³-hybridized carbons (Fsp3) is 0.400. The molecule has 2 N–H and O–H groups in total. The Balaban J connectivity index is 3.03. The van der Waals surface area contributed by atoms with Crippen molar-refractivity contribution in [2.75, 3.05) is 13.2 Å². The number of hydrogen-bond donors (Lipinski definition) is 2. The second kappa shape index (κ2) is 7.45. The van der Waals surface area contributed by atoms with Crippen molar-refractivity contribution in [2.24, 2.45) is 0 Å². The fourth-order valence-corrected chi connectivity index (χ4v) is 1.75. The molecule has 0 amide bonds. The molecule has 4 heteroatoms. The van der Waals surface area contributed by atoms with Crippen LogP contribution in [0.2, 0.25) is 0 Å². The second-order valence-electron chi connectivity index (χ2n) is 4.04. The van der Waals surface area contributed by atoms with Gasteiger partial charge in [0.15, 0.2) is 5.78 Å². The van der Waals surface area contributed by atoms with Crippen LogP contribution in [-0.4, -0.2) is 29.2 Å². The number of carbonyl (C=O) groups excluding carboxylic acids is 1. The average molecular weight is 262 g/mol. The summed E-state index contributed by atoms with van der Waals surface area (Å²) in [6.45, 7) is 3.32. The Morgan fingerprint density at radius 1 is 1.37 bits per heavy atom. The number of rotatable bonds is 5. The molecule has 0 heterocycles. The summed E-state index contributed by atoms with van der Waals surface area (Å²) in [4.78, 5) is 11.4. The van der Waals surface area contributed by atoms with Crippen molar-refractivity contribution in [1.29, 1.82) is 0 Å². The van der Waals surface area contributed by atoms with Gasteiger partial charge in [-0.15, -0.1) is 0 Å². The van der Waals surface area contributed by atoms with Crippen LogP contribution in [0.15, 0.2) is 12.1 Å². The van der Waals surface area contributed by atoms with Gasteiger partial charge in [0.1, 0.15) is 24.7 Å². The molecule has 0 saturated carbocycles. The lowest BCUT2D eigenvalue weighted by Gasteiger charge is -2.13. The molecule has 0 bridgehead atoms. The van der Waals surface area contributed by atoms with Gasteiger partial charge in [0.25, 0.3) is 0 Å². The van der Waals surface area contributed by atoms with Crippen molar-refractivity contribution >= 4 is 5.78 Å². The lowest BCUT2D eigenvalue weighted by atomic mass is 10.0. The summed E-state index contributed by atoms with van der Waals surface area (Å²) in [6, 6.07) is 3.22. The van der Waals surface area contributed by atoms with Gasteiger partial charge in [-0.25, -0.2) is 0 Å². The molecule has 0 unspecified atom stereocenters. The molecule has 0 aliphatic heterocycles. The van der Waals surface area contributed by atoms with E-state index in [2.05, 4.69) is 11.8 Å². The zero-order valence-corrected chi connectivity index (χ0v) is 11.2. The lowest BCUT2D eigenvalue weighted by Crippen LogP contribution is -2.02. The average Bonchev–Trinajstić information content (AvgIpc) is 2.38. The molecule has 1 rings (SSSR count). The van der Waals surface area contributed by atoms with Gasteiger partial charge < -0.3 is 14.9 Å². The number of aromatic hydroxyl groups is 1. The van der Waals surface area contributed by atoms with Gasteiger partial charge in [0.2, 0.25) is 0 Å². The fourth-order valence-electron chi connectivity index (χ4n) is 1.75. The number of phenolic OH excluding ortho intramolecular Hbond substituents is 1.